The maximum Gasteiger partial charge on any atom is 0.419 e. The fraction of sp³-hybridized carbons (Fsp3) is 0.0556. The van der Waals surface area contributed by atoms with E-state index in [0.29, 0.717) is 22.7 Å². The third-order valence-corrected chi connectivity index (χ3v) is 4.23. The van der Waals surface area contributed by atoms with E-state index in [1.165, 1.54) is 12.3 Å². The zero-order valence-corrected chi connectivity index (χ0v) is 14.8. The first-order valence-corrected chi connectivity index (χ1v) is 8.44. The number of alkyl halides is 3. The Morgan fingerprint density at radius 2 is 1.71 bits per heavy atom. The molecule has 1 aromatic carbocycles. The van der Waals surface area contributed by atoms with Crippen LogP contribution in [0.2, 0.25) is 5.02 Å². The number of benzene rings is 1. The van der Waals surface area contributed by atoms with E-state index in [-0.39, 0.29) is 10.8 Å². The molecule has 0 unspecified atom stereocenters. The number of anilines is 4. The third kappa shape index (κ3) is 3.56. The number of nitrogens with zero attached hydrogens (tertiary/aromatic N) is 3. The molecule has 0 saturated carbocycles. The number of halogens is 4. The summed E-state index contributed by atoms with van der Waals surface area (Å²) in [5.41, 5.74) is 1.45. The van der Waals surface area contributed by atoms with E-state index in [1.54, 1.807) is 30.5 Å². The summed E-state index contributed by atoms with van der Waals surface area (Å²) in [4.78, 5) is 8.02. The van der Waals surface area contributed by atoms with Crippen molar-refractivity contribution >= 4 is 45.6 Å². The van der Waals surface area contributed by atoms with Gasteiger partial charge in [0.2, 0.25) is 0 Å². The Bertz CT molecular complexity index is 1140. The highest BCUT2D eigenvalue weighted by Gasteiger charge is 2.34. The molecular weight excluding hydrogens is 393 g/mol. The maximum atomic E-state index is 13.1. The molecule has 142 valence electrons. The Hall–Kier alpha value is -3.33. The summed E-state index contributed by atoms with van der Waals surface area (Å²) in [6.45, 7) is 0. The summed E-state index contributed by atoms with van der Waals surface area (Å²) in [6.07, 6.45) is -1.61. The Labute approximate surface area is 161 Å². The fourth-order valence-electron chi connectivity index (χ4n) is 2.63. The van der Waals surface area contributed by atoms with Crippen molar-refractivity contribution in [2.45, 2.75) is 6.18 Å². The van der Waals surface area contributed by atoms with Crippen molar-refractivity contribution < 1.29 is 13.2 Å². The fourth-order valence-corrected chi connectivity index (χ4v) is 2.86. The topological polar surface area (TPSA) is 78.5 Å². The van der Waals surface area contributed by atoms with Crippen molar-refractivity contribution in [3.63, 3.8) is 0 Å². The summed E-state index contributed by atoms with van der Waals surface area (Å²) < 4.78 is 39.3. The number of nitrogens with one attached hydrogen (secondary N) is 3. The van der Waals surface area contributed by atoms with Gasteiger partial charge in [-0.15, -0.1) is 0 Å². The van der Waals surface area contributed by atoms with Crippen LogP contribution in [0.1, 0.15) is 5.56 Å². The van der Waals surface area contributed by atoms with E-state index in [1.807, 2.05) is 6.07 Å². The summed E-state index contributed by atoms with van der Waals surface area (Å²) >= 11 is 6.25. The highest BCUT2D eigenvalue weighted by atomic mass is 35.5. The predicted octanol–water partition coefficient (Wildman–Crippen LogP) is 5.51. The number of aromatic nitrogens is 4. The van der Waals surface area contributed by atoms with Gasteiger partial charge < -0.3 is 10.6 Å². The summed E-state index contributed by atoms with van der Waals surface area (Å²) in [5, 5.41) is 12.9. The SMILES string of the molecule is FC(F)(F)c1cccnc1Nc1ccc(Nc2n[nH]c3cccnc23)cc1Cl. The van der Waals surface area contributed by atoms with Gasteiger partial charge in [0.25, 0.3) is 0 Å². The molecule has 0 radical (unpaired) electrons. The minimum atomic E-state index is -4.53. The van der Waals surface area contributed by atoms with Crippen molar-refractivity contribution in [3.8, 4) is 0 Å². The predicted molar refractivity (Wildman–Crippen MR) is 101 cm³/mol. The number of H-pyrrole nitrogens is 1. The Balaban J connectivity index is 1.59. The molecule has 4 aromatic rings. The van der Waals surface area contributed by atoms with E-state index in [4.69, 9.17) is 11.6 Å². The first kappa shape index (κ1) is 18.1. The molecule has 3 aromatic heterocycles. The van der Waals surface area contributed by atoms with Gasteiger partial charge in [0.05, 0.1) is 21.8 Å². The molecule has 28 heavy (non-hydrogen) atoms. The van der Waals surface area contributed by atoms with Crippen LogP contribution in [-0.2, 0) is 6.18 Å². The molecule has 0 aliphatic heterocycles. The van der Waals surface area contributed by atoms with Gasteiger partial charge in [-0.25, -0.2) is 4.98 Å². The quantitative estimate of drug-likeness (QED) is 0.418. The van der Waals surface area contributed by atoms with Crippen LogP contribution < -0.4 is 10.6 Å². The number of rotatable bonds is 4. The number of aromatic amines is 1. The van der Waals surface area contributed by atoms with E-state index in [2.05, 4.69) is 30.8 Å². The van der Waals surface area contributed by atoms with E-state index < -0.39 is 11.7 Å². The molecule has 0 atom stereocenters. The smallest absolute Gasteiger partial charge is 0.339 e. The number of hydrogen-bond acceptors (Lipinski definition) is 5. The molecule has 0 fully saturated rings. The highest BCUT2D eigenvalue weighted by molar-refractivity contribution is 6.33. The Kier molecular flexibility index (Phi) is 4.52. The van der Waals surface area contributed by atoms with Crippen LogP contribution >= 0.6 is 11.6 Å². The van der Waals surface area contributed by atoms with Crippen LogP contribution in [0.5, 0.6) is 0 Å². The average molecular weight is 405 g/mol. The van der Waals surface area contributed by atoms with Crippen LogP contribution in [0.25, 0.3) is 11.0 Å². The second kappa shape index (κ2) is 7.01. The lowest BCUT2D eigenvalue weighted by atomic mass is 10.2. The lowest BCUT2D eigenvalue weighted by molar-refractivity contribution is -0.137. The van der Waals surface area contributed by atoms with Crippen molar-refractivity contribution in [1.82, 2.24) is 20.2 Å². The van der Waals surface area contributed by atoms with Crippen molar-refractivity contribution in [2.75, 3.05) is 10.6 Å². The molecule has 0 aliphatic rings. The van der Waals surface area contributed by atoms with E-state index in [0.717, 1.165) is 11.6 Å². The van der Waals surface area contributed by atoms with Gasteiger partial charge >= 0.3 is 6.18 Å². The molecule has 10 heteroatoms. The Morgan fingerprint density at radius 1 is 0.929 bits per heavy atom. The molecule has 3 N–H and O–H groups in total. The van der Waals surface area contributed by atoms with E-state index in [9.17, 15) is 13.2 Å². The molecule has 0 amide bonds. The summed E-state index contributed by atoms with van der Waals surface area (Å²) in [5.74, 6) is 0.191. The second-order valence-corrected chi connectivity index (χ2v) is 6.22. The summed E-state index contributed by atoms with van der Waals surface area (Å²) in [7, 11) is 0. The van der Waals surface area contributed by atoms with Crippen LogP contribution in [0.3, 0.4) is 0 Å². The number of fused-ring (bicyclic) bond motifs is 1. The van der Waals surface area contributed by atoms with Gasteiger partial charge in [-0.1, -0.05) is 11.6 Å². The minimum Gasteiger partial charge on any atom is -0.339 e. The zero-order chi connectivity index (χ0) is 19.7. The highest BCUT2D eigenvalue weighted by Crippen LogP contribution is 2.36. The Morgan fingerprint density at radius 3 is 2.50 bits per heavy atom. The maximum absolute atomic E-state index is 13.1. The van der Waals surface area contributed by atoms with Gasteiger partial charge in [-0.2, -0.15) is 18.3 Å². The van der Waals surface area contributed by atoms with Gasteiger partial charge in [0, 0.05) is 18.1 Å². The van der Waals surface area contributed by atoms with Gasteiger partial charge in [-0.05, 0) is 42.5 Å². The molecule has 0 aliphatic carbocycles. The molecule has 3 heterocycles. The van der Waals surface area contributed by atoms with E-state index >= 15 is 0 Å². The molecule has 4 rings (SSSR count). The standard InChI is InChI=1S/C18H12ClF3N6/c19-12-9-10(25-17-15-14(27-28-17)4-2-7-23-15)5-6-13(12)26-16-11(18(20,21)22)3-1-8-24-16/h1-9H,(H,24,26)(H2,25,27,28). The zero-order valence-electron chi connectivity index (χ0n) is 14.0. The number of pyridine rings is 2. The van der Waals surface area contributed by atoms with Crippen molar-refractivity contribution in [3.05, 3.63) is 65.4 Å². The van der Waals surface area contributed by atoms with Crippen LogP contribution in [-0.4, -0.2) is 20.2 Å². The third-order valence-electron chi connectivity index (χ3n) is 3.92. The summed E-state index contributed by atoms with van der Waals surface area (Å²) in [6, 6.07) is 10.6. The monoisotopic (exact) mass is 404 g/mol. The largest absolute Gasteiger partial charge is 0.419 e. The van der Waals surface area contributed by atoms with Crippen molar-refractivity contribution in [1.29, 1.82) is 0 Å². The number of hydrogen-bond donors (Lipinski definition) is 3. The van der Waals surface area contributed by atoms with Crippen LogP contribution in [0.15, 0.2) is 54.9 Å². The van der Waals surface area contributed by atoms with Gasteiger partial charge in [0.1, 0.15) is 11.3 Å². The lowest BCUT2D eigenvalue weighted by Gasteiger charge is -2.14. The lowest BCUT2D eigenvalue weighted by Crippen LogP contribution is -2.10. The van der Waals surface area contributed by atoms with Crippen LogP contribution in [0, 0.1) is 0 Å². The van der Waals surface area contributed by atoms with Gasteiger partial charge in [0.15, 0.2) is 5.82 Å². The second-order valence-electron chi connectivity index (χ2n) is 5.81. The normalized spacial score (nSPS) is 11.6. The molecule has 0 bridgehead atoms. The molecular formula is C18H12ClF3N6. The molecule has 0 saturated heterocycles. The van der Waals surface area contributed by atoms with Crippen molar-refractivity contribution in [2.24, 2.45) is 0 Å². The minimum absolute atomic E-state index is 0.219. The van der Waals surface area contributed by atoms with Gasteiger partial charge in [-0.3, -0.25) is 10.1 Å². The van der Waals surface area contributed by atoms with Crippen LogP contribution in [0.4, 0.5) is 36.2 Å². The molecule has 6 nitrogen and oxygen atoms in total. The first-order chi connectivity index (χ1) is 13.4. The first-order valence-electron chi connectivity index (χ1n) is 8.07. The molecule has 0 spiro atoms. The average Bonchev–Trinajstić information content (AvgIpc) is 3.07.